The molecule has 0 aromatic heterocycles. The van der Waals surface area contributed by atoms with E-state index in [1.54, 1.807) is 38.3 Å². The summed E-state index contributed by atoms with van der Waals surface area (Å²) in [5, 5.41) is 36.2. The highest BCUT2D eigenvalue weighted by Crippen LogP contribution is 2.44. The molecule has 6 atom stereocenters. The molecule has 244 valence electrons. The van der Waals surface area contributed by atoms with Crippen LogP contribution in [0.4, 0.5) is 16.2 Å². The summed E-state index contributed by atoms with van der Waals surface area (Å²) in [7, 11) is 6.71. The Hall–Kier alpha value is -3.71. The lowest BCUT2D eigenvalue weighted by molar-refractivity contribution is -0.112. The number of carbonyl (C=O) groups is 2. The number of amides is 2. The number of carbonyl (C=O) groups excluding carboxylic acids is 2. The van der Waals surface area contributed by atoms with Gasteiger partial charge in [-0.1, -0.05) is 38.2 Å². The number of allylic oxidation sites excluding steroid dienone is 2. The molecule has 1 aliphatic rings. The van der Waals surface area contributed by atoms with Gasteiger partial charge in [0.05, 0.1) is 17.9 Å². The minimum Gasteiger partial charge on any atom is -0.506 e. The van der Waals surface area contributed by atoms with Gasteiger partial charge in [-0.2, -0.15) is 0 Å². The van der Waals surface area contributed by atoms with Gasteiger partial charge < -0.3 is 45.5 Å². The lowest BCUT2D eigenvalue weighted by atomic mass is 9.87. The SMILES string of the molecule is CO[C@H]1/C=C\C=C(/C)C(=O)Nc2cc(O)c(N=CCN(C)C)c(c2O)CC(C)C[C@H](OC)[C@H](O)C(C)C=C(C)[C@@H]1OC(N)=O. The zero-order valence-corrected chi connectivity index (χ0v) is 26.9. The fraction of sp³-hybridized carbons (Fsp3) is 0.531. The van der Waals surface area contributed by atoms with Crippen molar-refractivity contribution in [2.45, 2.75) is 65.0 Å². The van der Waals surface area contributed by atoms with Crippen LogP contribution in [0, 0.1) is 11.8 Å². The predicted molar refractivity (Wildman–Crippen MR) is 170 cm³/mol. The average Bonchev–Trinajstić information content (AvgIpc) is 2.95. The maximum atomic E-state index is 13.1. The summed E-state index contributed by atoms with van der Waals surface area (Å²) in [6, 6.07) is 1.26. The third kappa shape index (κ3) is 10.2. The van der Waals surface area contributed by atoms with Gasteiger partial charge in [0.1, 0.15) is 23.3 Å². The molecule has 0 saturated heterocycles. The lowest BCUT2D eigenvalue weighted by Gasteiger charge is -2.29. The first-order chi connectivity index (χ1) is 20.7. The summed E-state index contributed by atoms with van der Waals surface area (Å²) >= 11 is 0. The van der Waals surface area contributed by atoms with Crippen molar-refractivity contribution in [3.63, 3.8) is 0 Å². The van der Waals surface area contributed by atoms with Crippen LogP contribution in [0.15, 0.2) is 46.5 Å². The summed E-state index contributed by atoms with van der Waals surface area (Å²) in [5.41, 5.74) is 6.82. The summed E-state index contributed by atoms with van der Waals surface area (Å²) in [4.78, 5) is 31.2. The molecule has 0 spiro atoms. The van der Waals surface area contributed by atoms with Gasteiger partial charge in [0.2, 0.25) is 0 Å². The Balaban J connectivity index is 2.69. The molecular formula is C32H48N4O8. The molecule has 2 rings (SSSR count). The maximum Gasteiger partial charge on any atom is 0.405 e. The zero-order chi connectivity index (χ0) is 33.1. The van der Waals surface area contributed by atoms with Crippen molar-refractivity contribution in [1.29, 1.82) is 0 Å². The molecule has 2 amide bonds. The van der Waals surface area contributed by atoms with E-state index >= 15 is 0 Å². The van der Waals surface area contributed by atoms with Crippen molar-refractivity contribution >= 4 is 29.6 Å². The topological polar surface area (TPSA) is 176 Å². The number of aliphatic imine (C=N–C) groups is 1. The number of phenols is 2. The summed E-state index contributed by atoms with van der Waals surface area (Å²) in [5.74, 6) is -1.53. The Morgan fingerprint density at radius 3 is 2.48 bits per heavy atom. The first kappa shape index (κ1) is 36.5. The Morgan fingerprint density at radius 2 is 1.89 bits per heavy atom. The number of aliphatic hydroxyl groups is 1. The number of hydrogen-bond acceptors (Lipinski definition) is 10. The van der Waals surface area contributed by atoms with Gasteiger partial charge >= 0.3 is 6.09 Å². The van der Waals surface area contributed by atoms with Crippen LogP contribution in [0.2, 0.25) is 0 Å². The average molecular weight is 617 g/mol. The predicted octanol–water partition coefficient (Wildman–Crippen LogP) is 3.82. The number of anilines is 1. The molecule has 0 saturated carbocycles. The third-order valence-electron chi connectivity index (χ3n) is 7.47. The van der Waals surface area contributed by atoms with E-state index in [4.69, 9.17) is 19.9 Å². The van der Waals surface area contributed by atoms with Crippen LogP contribution >= 0.6 is 0 Å². The second kappa shape index (κ2) is 17.0. The molecule has 1 heterocycles. The van der Waals surface area contributed by atoms with E-state index in [-0.39, 0.29) is 40.8 Å². The fourth-order valence-electron chi connectivity index (χ4n) is 5.03. The maximum absolute atomic E-state index is 13.1. The standard InChI is InChI=1S/C32H48N4O8/c1-18-14-22-27(34-12-13-36(5)6)24(37)17-23(29(22)39)35-31(40)19(2)10-9-11-25(42-7)30(44-32(33)41)21(4)16-20(3)28(38)26(15-18)43-8/h9-12,16-18,20,25-26,28,30,37-39H,13-15H2,1-8H3,(H2,33,41)(H,35,40)/b11-9-,19-10+,21-16?,34-12?/t18?,20?,25-,26-,28+,30-/m0/s1. The number of benzene rings is 1. The summed E-state index contributed by atoms with van der Waals surface area (Å²) in [6.45, 7) is 7.59. The van der Waals surface area contributed by atoms with Gasteiger partial charge in [0.15, 0.2) is 6.10 Å². The van der Waals surface area contributed by atoms with E-state index in [1.807, 2.05) is 32.8 Å². The number of nitrogens with two attached hydrogens (primary N) is 1. The van der Waals surface area contributed by atoms with Crippen LogP contribution in [0.1, 0.15) is 39.7 Å². The first-order valence-electron chi connectivity index (χ1n) is 14.5. The highest BCUT2D eigenvalue weighted by Gasteiger charge is 2.30. The largest absolute Gasteiger partial charge is 0.506 e. The zero-order valence-electron chi connectivity index (χ0n) is 26.9. The molecule has 1 aliphatic heterocycles. The minimum absolute atomic E-state index is 0.0253. The number of rotatable bonds is 6. The molecule has 12 nitrogen and oxygen atoms in total. The number of nitrogens with zero attached hydrogens (tertiary/aromatic N) is 2. The molecule has 1 aromatic rings. The highest BCUT2D eigenvalue weighted by molar-refractivity contribution is 6.04. The van der Waals surface area contributed by atoms with Crippen molar-refractivity contribution < 1.29 is 39.1 Å². The molecule has 0 radical (unpaired) electrons. The van der Waals surface area contributed by atoms with E-state index in [0.29, 0.717) is 24.1 Å². The summed E-state index contributed by atoms with van der Waals surface area (Å²) < 4.78 is 16.7. The van der Waals surface area contributed by atoms with Gasteiger partial charge in [-0.3, -0.25) is 9.79 Å². The molecule has 44 heavy (non-hydrogen) atoms. The fourth-order valence-corrected chi connectivity index (χ4v) is 5.03. The minimum atomic E-state index is -0.991. The van der Waals surface area contributed by atoms with Gasteiger partial charge in [-0.25, -0.2) is 4.79 Å². The number of ether oxygens (including phenoxy) is 3. The van der Waals surface area contributed by atoms with E-state index in [1.165, 1.54) is 26.4 Å². The first-order valence-corrected chi connectivity index (χ1v) is 14.5. The Labute approximate surface area is 259 Å². The van der Waals surface area contributed by atoms with Crippen molar-refractivity contribution in [2.75, 3.05) is 40.2 Å². The van der Waals surface area contributed by atoms with Crippen LogP contribution in [-0.2, 0) is 25.4 Å². The van der Waals surface area contributed by atoms with E-state index in [2.05, 4.69) is 10.3 Å². The number of aliphatic hydroxyl groups excluding tert-OH is 1. The Bertz CT molecular complexity index is 1270. The third-order valence-corrected chi connectivity index (χ3v) is 7.47. The number of nitrogens with one attached hydrogen (secondary N) is 1. The second-order valence-electron chi connectivity index (χ2n) is 11.5. The molecule has 0 fully saturated rings. The molecule has 1 aromatic carbocycles. The number of fused-ring (bicyclic) bond motifs is 2. The number of phenolic OH excluding ortho intramolecular Hbond substituents is 2. The van der Waals surface area contributed by atoms with Crippen molar-refractivity contribution in [2.24, 2.45) is 22.6 Å². The highest BCUT2D eigenvalue weighted by atomic mass is 16.6. The number of primary amides is 1. The number of aromatic hydroxyl groups is 2. The second-order valence-corrected chi connectivity index (χ2v) is 11.5. The number of methoxy groups -OCH3 is 2. The number of hydrogen-bond donors (Lipinski definition) is 5. The molecule has 6 N–H and O–H groups in total. The monoisotopic (exact) mass is 616 g/mol. The van der Waals surface area contributed by atoms with Gasteiger partial charge in [-0.05, 0) is 52.3 Å². The van der Waals surface area contributed by atoms with Crippen molar-refractivity contribution in [1.82, 2.24) is 4.90 Å². The molecule has 0 aliphatic carbocycles. The van der Waals surface area contributed by atoms with Gasteiger partial charge in [-0.15, -0.1) is 0 Å². The van der Waals surface area contributed by atoms with E-state index in [0.717, 1.165) is 0 Å². The van der Waals surface area contributed by atoms with Crippen LogP contribution < -0.4 is 11.1 Å². The van der Waals surface area contributed by atoms with E-state index < -0.39 is 42.3 Å². The molecule has 12 heteroatoms. The van der Waals surface area contributed by atoms with Crippen molar-refractivity contribution in [3.8, 4) is 11.5 Å². The van der Waals surface area contributed by atoms with Gasteiger partial charge in [0, 0.05) is 50.1 Å². The lowest BCUT2D eigenvalue weighted by Crippen LogP contribution is -2.37. The smallest absolute Gasteiger partial charge is 0.405 e. The van der Waals surface area contributed by atoms with Crippen LogP contribution in [-0.4, -0.2) is 97.7 Å². The Kier molecular flexibility index (Phi) is 14.1. The molecule has 2 unspecified atom stereocenters. The molecular weight excluding hydrogens is 568 g/mol. The van der Waals surface area contributed by atoms with Crippen LogP contribution in [0.25, 0.3) is 0 Å². The normalized spacial score (nSPS) is 27.8. The quantitative estimate of drug-likeness (QED) is 0.138. The van der Waals surface area contributed by atoms with Gasteiger partial charge in [0.25, 0.3) is 5.91 Å². The van der Waals surface area contributed by atoms with E-state index in [9.17, 15) is 24.9 Å². The Morgan fingerprint density at radius 1 is 1.20 bits per heavy atom. The van der Waals surface area contributed by atoms with Crippen LogP contribution in [0.5, 0.6) is 11.5 Å². The van der Waals surface area contributed by atoms with Crippen molar-refractivity contribution in [3.05, 3.63) is 47.1 Å². The van der Waals surface area contributed by atoms with Crippen LogP contribution in [0.3, 0.4) is 0 Å². The summed E-state index contributed by atoms with van der Waals surface area (Å²) in [6.07, 6.45) is 4.57. The molecule has 2 bridgehead atoms.